The van der Waals surface area contributed by atoms with Crippen molar-refractivity contribution in [3.63, 3.8) is 0 Å². The number of carbonyl (C=O) groups is 1. The number of hydrogen-bond acceptors (Lipinski definition) is 4. The Labute approximate surface area is 117 Å². The minimum atomic E-state index is -0.833. The molecule has 1 saturated heterocycles. The van der Waals surface area contributed by atoms with Crippen molar-refractivity contribution in [2.75, 3.05) is 13.1 Å². The molecule has 2 N–H and O–H groups in total. The summed E-state index contributed by atoms with van der Waals surface area (Å²) in [7, 11) is 0. The molecule has 1 aliphatic heterocycles. The summed E-state index contributed by atoms with van der Waals surface area (Å²) in [6, 6.07) is 3.25. The van der Waals surface area contributed by atoms with E-state index in [2.05, 4.69) is 10.2 Å². The van der Waals surface area contributed by atoms with Crippen LogP contribution < -0.4 is 5.32 Å². The highest BCUT2D eigenvalue weighted by atomic mass is 32.1. The number of aromatic carboxylic acids is 1. The highest BCUT2D eigenvalue weighted by Crippen LogP contribution is 2.29. The lowest BCUT2D eigenvalue weighted by Crippen LogP contribution is -2.42. The fraction of sp³-hybridized carbons (Fsp3) is 0.643. The van der Waals surface area contributed by atoms with E-state index < -0.39 is 5.97 Å². The second-order valence-corrected chi connectivity index (χ2v) is 6.52. The Morgan fingerprint density at radius 2 is 2.11 bits per heavy atom. The van der Waals surface area contributed by atoms with Crippen LogP contribution in [0, 0.1) is 0 Å². The minimum absolute atomic E-state index is 0.408. The van der Waals surface area contributed by atoms with Crippen molar-refractivity contribution in [3.05, 3.63) is 21.9 Å². The third-order valence-corrected chi connectivity index (χ3v) is 5.00. The fourth-order valence-corrected chi connectivity index (χ4v) is 3.55. The molecule has 0 atom stereocenters. The van der Waals surface area contributed by atoms with Gasteiger partial charge in [0.2, 0.25) is 0 Å². The summed E-state index contributed by atoms with van der Waals surface area (Å²) in [6.07, 6.45) is 5.22. The van der Waals surface area contributed by atoms with Gasteiger partial charge in [0.25, 0.3) is 0 Å². The molecule has 0 amide bonds. The molecule has 1 saturated carbocycles. The van der Waals surface area contributed by atoms with Crippen molar-refractivity contribution >= 4 is 17.3 Å². The summed E-state index contributed by atoms with van der Waals surface area (Å²) in [5.74, 6) is -0.833. The van der Waals surface area contributed by atoms with E-state index in [1.165, 1.54) is 50.1 Å². The summed E-state index contributed by atoms with van der Waals surface area (Å²) in [5.41, 5.74) is 0.408. The van der Waals surface area contributed by atoms with E-state index in [-0.39, 0.29) is 0 Å². The molecular weight excluding hydrogens is 260 g/mol. The third-order valence-electron chi connectivity index (χ3n) is 4.06. The average molecular weight is 280 g/mol. The Kier molecular flexibility index (Phi) is 3.86. The lowest BCUT2D eigenvalue weighted by molar-refractivity contribution is 0.0697. The Morgan fingerprint density at radius 3 is 2.68 bits per heavy atom. The first-order valence-electron chi connectivity index (χ1n) is 7.00. The topological polar surface area (TPSA) is 52.6 Å². The van der Waals surface area contributed by atoms with Gasteiger partial charge in [-0.15, -0.1) is 11.3 Å². The number of carboxylic acids is 1. The number of nitrogens with zero attached hydrogens (tertiary/aromatic N) is 1. The molecule has 0 bridgehead atoms. The van der Waals surface area contributed by atoms with E-state index in [9.17, 15) is 4.79 Å². The van der Waals surface area contributed by atoms with E-state index in [0.717, 1.165) is 17.5 Å². The molecule has 1 aliphatic carbocycles. The van der Waals surface area contributed by atoms with Gasteiger partial charge in [-0.3, -0.25) is 0 Å². The van der Waals surface area contributed by atoms with Gasteiger partial charge in [0.15, 0.2) is 0 Å². The van der Waals surface area contributed by atoms with Gasteiger partial charge in [-0.25, -0.2) is 4.79 Å². The van der Waals surface area contributed by atoms with Crippen molar-refractivity contribution in [3.8, 4) is 0 Å². The van der Waals surface area contributed by atoms with Gasteiger partial charge < -0.3 is 15.3 Å². The number of thiophene rings is 1. The van der Waals surface area contributed by atoms with Crippen molar-refractivity contribution in [2.24, 2.45) is 0 Å². The maximum atomic E-state index is 10.8. The highest BCUT2D eigenvalue weighted by molar-refractivity contribution is 7.10. The third kappa shape index (κ3) is 3.35. The lowest BCUT2D eigenvalue weighted by atomic mass is 10.0. The molecule has 2 aliphatic rings. The zero-order chi connectivity index (χ0) is 13.2. The Hall–Kier alpha value is -0.910. The van der Waals surface area contributed by atoms with Crippen LogP contribution >= 0.6 is 11.3 Å². The number of nitrogens with one attached hydrogen (secondary N) is 1. The molecule has 19 heavy (non-hydrogen) atoms. The molecular formula is C14H20N2O2S. The van der Waals surface area contributed by atoms with Gasteiger partial charge in [0, 0.05) is 28.9 Å². The zero-order valence-electron chi connectivity index (χ0n) is 11.0. The van der Waals surface area contributed by atoms with Crippen LogP contribution in [0.15, 0.2) is 11.4 Å². The summed E-state index contributed by atoms with van der Waals surface area (Å²) < 4.78 is 0. The second-order valence-electron chi connectivity index (χ2n) is 5.53. The molecule has 0 spiro atoms. The lowest BCUT2D eigenvalue weighted by Gasteiger charge is -2.32. The van der Waals surface area contributed by atoms with Gasteiger partial charge >= 0.3 is 5.97 Å². The van der Waals surface area contributed by atoms with Gasteiger partial charge in [-0.2, -0.15) is 0 Å². The molecule has 0 unspecified atom stereocenters. The Bertz CT molecular complexity index is 448. The summed E-state index contributed by atoms with van der Waals surface area (Å²) >= 11 is 1.53. The predicted octanol–water partition coefficient (Wildman–Crippen LogP) is 2.16. The van der Waals surface area contributed by atoms with Crippen LogP contribution in [0.3, 0.4) is 0 Å². The van der Waals surface area contributed by atoms with Gasteiger partial charge in [0.1, 0.15) is 0 Å². The molecule has 1 aromatic rings. The van der Waals surface area contributed by atoms with Crippen molar-refractivity contribution < 1.29 is 9.90 Å². The van der Waals surface area contributed by atoms with Crippen molar-refractivity contribution in [1.29, 1.82) is 0 Å². The smallest absolute Gasteiger partial charge is 0.336 e. The van der Waals surface area contributed by atoms with Gasteiger partial charge in [0.05, 0.1) is 5.56 Å². The van der Waals surface area contributed by atoms with Crippen molar-refractivity contribution in [1.82, 2.24) is 10.2 Å². The molecule has 104 valence electrons. The van der Waals surface area contributed by atoms with Crippen LogP contribution in [0.2, 0.25) is 0 Å². The second kappa shape index (κ2) is 5.61. The van der Waals surface area contributed by atoms with Crippen LogP contribution in [-0.2, 0) is 6.54 Å². The van der Waals surface area contributed by atoms with Gasteiger partial charge in [-0.05, 0) is 44.8 Å². The minimum Gasteiger partial charge on any atom is -0.478 e. The Balaban J connectivity index is 1.43. The van der Waals surface area contributed by atoms with Gasteiger partial charge in [-0.1, -0.05) is 0 Å². The number of hydrogen-bond donors (Lipinski definition) is 2. The number of rotatable bonds is 5. The van der Waals surface area contributed by atoms with Crippen molar-refractivity contribution in [2.45, 2.75) is 44.3 Å². The first-order chi connectivity index (χ1) is 9.22. The maximum absolute atomic E-state index is 10.8. The number of piperidine rings is 1. The monoisotopic (exact) mass is 280 g/mol. The van der Waals surface area contributed by atoms with E-state index in [1.54, 1.807) is 11.4 Å². The SMILES string of the molecule is O=C(O)c1csc(CNC2CCN(C3CC3)CC2)c1. The quantitative estimate of drug-likeness (QED) is 0.868. The van der Waals surface area contributed by atoms with Crippen LogP contribution in [0.4, 0.5) is 0 Å². The van der Waals surface area contributed by atoms with E-state index >= 15 is 0 Å². The summed E-state index contributed by atoms with van der Waals surface area (Å²) in [4.78, 5) is 14.5. The average Bonchev–Trinajstić information content (AvgIpc) is 3.15. The number of carboxylic acid groups (broad SMARTS) is 1. The molecule has 5 heteroatoms. The Morgan fingerprint density at radius 1 is 1.37 bits per heavy atom. The predicted molar refractivity (Wildman–Crippen MR) is 75.7 cm³/mol. The molecule has 4 nitrogen and oxygen atoms in total. The van der Waals surface area contributed by atoms with Crippen LogP contribution in [0.5, 0.6) is 0 Å². The van der Waals surface area contributed by atoms with Crippen LogP contribution in [0.1, 0.15) is 40.9 Å². The normalized spacial score (nSPS) is 21.7. The number of likely N-dealkylation sites (tertiary alicyclic amines) is 1. The molecule has 0 aromatic carbocycles. The zero-order valence-corrected chi connectivity index (χ0v) is 11.8. The first-order valence-corrected chi connectivity index (χ1v) is 7.88. The van der Waals surface area contributed by atoms with E-state index in [1.807, 2.05) is 0 Å². The standard InChI is InChI=1S/C14H20N2O2S/c17-14(18)10-7-13(19-9-10)8-15-11-3-5-16(6-4-11)12-1-2-12/h7,9,11-12,15H,1-6,8H2,(H,17,18). The summed E-state index contributed by atoms with van der Waals surface area (Å²) in [6.45, 7) is 3.23. The first kappa shape index (κ1) is 13.1. The van der Waals surface area contributed by atoms with Crippen LogP contribution in [-0.4, -0.2) is 41.1 Å². The molecule has 3 rings (SSSR count). The highest BCUT2D eigenvalue weighted by Gasteiger charge is 2.31. The molecule has 0 radical (unpaired) electrons. The largest absolute Gasteiger partial charge is 0.478 e. The molecule has 1 aromatic heterocycles. The van der Waals surface area contributed by atoms with E-state index in [4.69, 9.17) is 5.11 Å². The molecule has 2 heterocycles. The van der Waals surface area contributed by atoms with E-state index in [0.29, 0.717) is 11.6 Å². The van der Waals surface area contributed by atoms with Crippen LogP contribution in [0.25, 0.3) is 0 Å². The maximum Gasteiger partial charge on any atom is 0.336 e. The fourth-order valence-electron chi connectivity index (χ4n) is 2.74. The summed E-state index contributed by atoms with van der Waals surface area (Å²) in [5, 5.41) is 14.2. The molecule has 2 fully saturated rings.